The van der Waals surface area contributed by atoms with Crippen molar-refractivity contribution >= 4 is 23.0 Å². The average molecular weight is 204 g/mol. The molecule has 1 aromatic heterocycles. The van der Waals surface area contributed by atoms with E-state index in [2.05, 4.69) is 0 Å². The first kappa shape index (κ1) is 9.61. The molecule has 2 rings (SSSR count). The third-order valence-corrected chi connectivity index (χ3v) is 2.09. The topological polar surface area (TPSA) is 67.5 Å². The number of aliphatic hydroxyl groups excluding tert-OH is 1. The van der Waals surface area contributed by atoms with E-state index in [4.69, 9.17) is 9.52 Å². The van der Waals surface area contributed by atoms with Crippen LogP contribution in [0.2, 0.25) is 0 Å². The summed E-state index contributed by atoms with van der Waals surface area (Å²) in [6.45, 7) is -0.583. The maximum absolute atomic E-state index is 11.1. The predicted octanol–water partition coefficient (Wildman–Crippen LogP) is 1.42. The molecule has 0 aliphatic heterocycles. The van der Waals surface area contributed by atoms with E-state index in [1.54, 1.807) is 18.2 Å². The van der Waals surface area contributed by atoms with Gasteiger partial charge in [0.15, 0.2) is 5.76 Å². The lowest BCUT2D eigenvalue weighted by Gasteiger charge is -1.89. The summed E-state index contributed by atoms with van der Waals surface area (Å²) in [5.41, 5.74) is 1.05. The molecule has 1 heterocycles. The number of benzene rings is 1. The van der Waals surface area contributed by atoms with Crippen LogP contribution in [0, 0.1) is 0 Å². The molecule has 15 heavy (non-hydrogen) atoms. The lowest BCUT2D eigenvalue weighted by molar-refractivity contribution is 0.0878. The van der Waals surface area contributed by atoms with Gasteiger partial charge in [0.1, 0.15) is 18.5 Å². The molecule has 0 aliphatic carbocycles. The van der Waals surface area contributed by atoms with Crippen LogP contribution in [-0.2, 0) is 0 Å². The Morgan fingerprint density at radius 2 is 2.20 bits per heavy atom. The number of rotatable bonds is 3. The van der Waals surface area contributed by atoms with Gasteiger partial charge < -0.3 is 9.52 Å². The van der Waals surface area contributed by atoms with Crippen LogP contribution in [0.3, 0.4) is 0 Å². The van der Waals surface area contributed by atoms with Crippen molar-refractivity contribution < 1.29 is 19.1 Å². The SMILES string of the molecule is O=Cc1ccc2oc(C(=O)CO)cc2c1. The molecule has 1 N–H and O–H groups in total. The van der Waals surface area contributed by atoms with Crippen LogP contribution in [0.1, 0.15) is 20.9 Å². The zero-order valence-corrected chi connectivity index (χ0v) is 7.77. The molecule has 4 nitrogen and oxygen atoms in total. The number of aliphatic hydroxyl groups is 1. The van der Waals surface area contributed by atoms with E-state index in [0.717, 1.165) is 6.29 Å². The Kier molecular flexibility index (Phi) is 2.35. The largest absolute Gasteiger partial charge is 0.453 e. The molecule has 1 aromatic carbocycles. The highest BCUT2D eigenvalue weighted by molar-refractivity contribution is 5.99. The molecule has 0 radical (unpaired) electrons. The first-order valence-corrected chi connectivity index (χ1v) is 4.37. The molecule has 0 amide bonds. The number of fused-ring (bicyclic) bond motifs is 1. The summed E-state index contributed by atoms with van der Waals surface area (Å²) in [5, 5.41) is 9.33. The van der Waals surface area contributed by atoms with Gasteiger partial charge in [0.2, 0.25) is 5.78 Å². The van der Waals surface area contributed by atoms with Crippen LogP contribution in [0.4, 0.5) is 0 Å². The van der Waals surface area contributed by atoms with E-state index in [1.807, 2.05) is 0 Å². The number of aldehydes is 1. The van der Waals surface area contributed by atoms with E-state index in [1.165, 1.54) is 6.07 Å². The Morgan fingerprint density at radius 1 is 1.40 bits per heavy atom. The number of Topliss-reactive ketones (excluding diaryl/α,β-unsaturated/α-hetero) is 1. The Labute approximate surface area is 85.1 Å². The molecule has 0 atom stereocenters. The van der Waals surface area contributed by atoms with Crippen molar-refractivity contribution in [2.45, 2.75) is 0 Å². The van der Waals surface area contributed by atoms with E-state index >= 15 is 0 Å². The number of hydrogen-bond donors (Lipinski definition) is 1. The molecule has 0 aliphatic rings. The van der Waals surface area contributed by atoms with Crippen LogP contribution in [0.15, 0.2) is 28.7 Å². The number of hydrogen-bond acceptors (Lipinski definition) is 4. The minimum Gasteiger partial charge on any atom is -0.453 e. The fraction of sp³-hybridized carbons (Fsp3) is 0.0909. The van der Waals surface area contributed by atoms with E-state index < -0.39 is 12.4 Å². The highest BCUT2D eigenvalue weighted by atomic mass is 16.3. The maximum Gasteiger partial charge on any atom is 0.223 e. The van der Waals surface area contributed by atoms with Gasteiger partial charge in [-0.2, -0.15) is 0 Å². The van der Waals surface area contributed by atoms with Gasteiger partial charge in [0, 0.05) is 10.9 Å². The van der Waals surface area contributed by atoms with Gasteiger partial charge in [-0.05, 0) is 24.3 Å². The number of carbonyl (C=O) groups is 2. The fourth-order valence-corrected chi connectivity index (χ4v) is 1.35. The van der Waals surface area contributed by atoms with Gasteiger partial charge in [-0.25, -0.2) is 0 Å². The average Bonchev–Trinajstić information content (AvgIpc) is 2.70. The quantitative estimate of drug-likeness (QED) is 0.606. The van der Waals surface area contributed by atoms with Crippen molar-refractivity contribution in [3.63, 3.8) is 0 Å². The van der Waals surface area contributed by atoms with E-state index in [-0.39, 0.29) is 5.76 Å². The van der Waals surface area contributed by atoms with Gasteiger partial charge in [-0.15, -0.1) is 0 Å². The van der Waals surface area contributed by atoms with E-state index in [0.29, 0.717) is 16.5 Å². The standard InChI is InChI=1S/C11H8O4/c12-5-7-1-2-10-8(3-7)4-11(15-10)9(14)6-13/h1-5,13H,6H2. The van der Waals surface area contributed by atoms with Crippen molar-refractivity contribution in [1.82, 2.24) is 0 Å². The smallest absolute Gasteiger partial charge is 0.223 e. The minimum atomic E-state index is -0.583. The lowest BCUT2D eigenvalue weighted by atomic mass is 10.2. The van der Waals surface area contributed by atoms with Gasteiger partial charge in [0.25, 0.3) is 0 Å². The fourth-order valence-electron chi connectivity index (χ4n) is 1.35. The second-order valence-electron chi connectivity index (χ2n) is 3.11. The molecule has 0 saturated heterocycles. The Morgan fingerprint density at radius 3 is 2.87 bits per heavy atom. The third kappa shape index (κ3) is 1.67. The number of furan rings is 1. The molecule has 2 aromatic rings. The van der Waals surface area contributed by atoms with Crippen LogP contribution >= 0.6 is 0 Å². The van der Waals surface area contributed by atoms with Crippen molar-refractivity contribution in [2.24, 2.45) is 0 Å². The van der Waals surface area contributed by atoms with E-state index in [9.17, 15) is 9.59 Å². The van der Waals surface area contributed by atoms with Crippen LogP contribution in [-0.4, -0.2) is 23.8 Å². The molecular weight excluding hydrogens is 196 g/mol. The first-order chi connectivity index (χ1) is 7.24. The monoisotopic (exact) mass is 204 g/mol. The molecule has 0 unspecified atom stereocenters. The highest BCUT2D eigenvalue weighted by Crippen LogP contribution is 2.20. The molecule has 4 heteroatoms. The Balaban J connectivity index is 2.55. The summed E-state index contributed by atoms with van der Waals surface area (Å²) in [5.74, 6) is -0.366. The minimum absolute atomic E-state index is 0.107. The summed E-state index contributed by atoms with van der Waals surface area (Å²) in [6.07, 6.45) is 0.722. The summed E-state index contributed by atoms with van der Waals surface area (Å²) in [6, 6.07) is 6.36. The number of ketones is 1. The van der Waals surface area contributed by atoms with Crippen molar-refractivity contribution in [3.8, 4) is 0 Å². The highest BCUT2D eigenvalue weighted by Gasteiger charge is 2.10. The molecule has 0 bridgehead atoms. The van der Waals surface area contributed by atoms with Crippen LogP contribution in [0.5, 0.6) is 0 Å². The molecule has 0 saturated carbocycles. The van der Waals surface area contributed by atoms with Gasteiger partial charge in [0.05, 0.1) is 0 Å². The molecular formula is C11H8O4. The van der Waals surface area contributed by atoms with Gasteiger partial charge in [-0.1, -0.05) is 0 Å². The maximum atomic E-state index is 11.1. The zero-order valence-electron chi connectivity index (χ0n) is 7.77. The normalized spacial score (nSPS) is 10.5. The summed E-state index contributed by atoms with van der Waals surface area (Å²) in [4.78, 5) is 21.6. The predicted molar refractivity (Wildman–Crippen MR) is 53.0 cm³/mol. The Bertz CT molecular complexity index is 524. The molecule has 0 spiro atoms. The summed E-state index contributed by atoms with van der Waals surface area (Å²) in [7, 11) is 0. The summed E-state index contributed by atoms with van der Waals surface area (Å²) < 4.78 is 5.19. The Hall–Kier alpha value is -1.94. The van der Waals surface area contributed by atoms with Gasteiger partial charge >= 0.3 is 0 Å². The second-order valence-corrected chi connectivity index (χ2v) is 3.11. The van der Waals surface area contributed by atoms with Crippen LogP contribution < -0.4 is 0 Å². The van der Waals surface area contributed by atoms with Crippen LogP contribution in [0.25, 0.3) is 11.0 Å². The third-order valence-electron chi connectivity index (χ3n) is 2.09. The van der Waals surface area contributed by atoms with Crippen molar-refractivity contribution in [1.29, 1.82) is 0 Å². The first-order valence-electron chi connectivity index (χ1n) is 4.37. The van der Waals surface area contributed by atoms with Crippen molar-refractivity contribution in [3.05, 3.63) is 35.6 Å². The number of carbonyl (C=O) groups excluding carboxylic acids is 2. The second kappa shape index (κ2) is 3.67. The zero-order chi connectivity index (χ0) is 10.8. The summed E-state index contributed by atoms with van der Waals surface area (Å²) >= 11 is 0. The molecule has 76 valence electrons. The molecule has 0 fully saturated rings. The lowest BCUT2D eigenvalue weighted by Crippen LogP contribution is -2.01. The van der Waals surface area contributed by atoms with Crippen molar-refractivity contribution in [2.75, 3.05) is 6.61 Å². The van der Waals surface area contributed by atoms with Gasteiger partial charge in [-0.3, -0.25) is 9.59 Å².